The predicted molar refractivity (Wildman–Crippen MR) is 59.8 cm³/mol. The molecule has 0 bridgehead atoms. The largest absolute Gasteiger partial charge is 0.145 e. The van der Waals surface area contributed by atoms with E-state index in [4.69, 9.17) is 0 Å². The van der Waals surface area contributed by atoms with Gasteiger partial charge in [-0.25, -0.2) is 0 Å². The van der Waals surface area contributed by atoms with Gasteiger partial charge in [-0.2, -0.15) is 0 Å². The van der Waals surface area contributed by atoms with Crippen LogP contribution in [-0.2, 0) is 12.8 Å². The molecule has 13 heavy (non-hydrogen) atoms. The number of rotatable bonds is 1. The van der Waals surface area contributed by atoms with Crippen molar-refractivity contribution in [3.05, 3.63) is 20.9 Å². The molecule has 2 rings (SSSR count). The van der Waals surface area contributed by atoms with Crippen LogP contribution in [0.25, 0.3) is 0 Å². The molecule has 1 aliphatic carbocycles. The minimum Gasteiger partial charge on any atom is -0.145 e. The van der Waals surface area contributed by atoms with Crippen LogP contribution in [0.5, 0.6) is 0 Å². The van der Waals surface area contributed by atoms with Crippen molar-refractivity contribution in [1.29, 1.82) is 0 Å². The fourth-order valence-corrected chi connectivity index (χ4v) is 3.90. The molecular weight excluding hydrogens is 176 g/mol. The maximum absolute atomic E-state index is 2.32. The van der Waals surface area contributed by atoms with E-state index in [1.807, 2.05) is 11.3 Å². The summed E-state index contributed by atoms with van der Waals surface area (Å²) in [7, 11) is 0. The number of hydrogen-bond acceptors (Lipinski definition) is 1. The molecule has 1 aromatic heterocycles. The fraction of sp³-hybridized carbons (Fsp3) is 0.667. The monoisotopic (exact) mass is 194 g/mol. The summed E-state index contributed by atoms with van der Waals surface area (Å²) in [6, 6.07) is 0. The van der Waals surface area contributed by atoms with Crippen LogP contribution in [0.2, 0.25) is 0 Å². The van der Waals surface area contributed by atoms with Crippen molar-refractivity contribution in [2.45, 2.75) is 52.4 Å². The SMILES string of the molecule is Cc1sc2c(c1C(C)C)CCCC2. The summed E-state index contributed by atoms with van der Waals surface area (Å²) in [5.41, 5.74) is 3.38. The van der Waals surface area contributed by atoms with Crippen molar-refractivity contribution in [3.8, 4) is 0 Å². The Morgan fingerprint density at radius 3 is 2.54 bits per heavy atom. The smallest absolute Gasteiger partial charge is 0.00830 e. The Morgan fingerprint density at radius 1 is 1.15 bits per heavy atom. The van der Waals surface area contributed by atoms with Crippen molar-refractivity contribution in [1.82, 2.24) is 0 Å². The zero-order valence-electron chi connectivity index (χ0n) is 8.81. The van der Waals surface area contributed by atoms with Gasteiger partial charge in [0.2, 0.25) is 0 Å². The summed E-state index contributed by atoms with van der Waals surface area (Å²) in [5, 5.41) is 0. The Balaban J connectivity index is 2.48. The van der Waals surface area contributed by atoms with E-state index in [-0.39, 0.29) is 0 Å². The lowest BCUT2D eigenvalue weighted by molar-refractivity contribution is 0.683. The summed E-state index contributed by atoms with van der Waals surface area (Å²) >= 11 is 2.05. The molecule has 0 radical (unpaired) electrons. The lowest BCUT2D eigenvalue weighted by Crippen LogP contribution is -2.02. The highest BCUT2D eigenvalue weighted by molar-refractivity contribution is 7.12. The number of hydrogen-bond donors (Lipinski definition) is 0. The van der Waals surface area contributed by atoms with E-state index >= 15 is 0 Å². The molecule has 0 saturated carbocycles. The molecule has 0 N–H and O–H groups in total. The molecule has 0 aliphatic heterocycles. The molecule has 1 heterocycles. The second-order valence-electron chi connectivity index (χ2n) is 4.34. The highest BCUT2D eigenvalue weighted by Crippen LogP contribution is 2.37. The Bertz CT molecular complexity index is 307. The van der Waals surface area contributed by atoms with Gasteiger partial charge in [0.1, 0.15) is 0 Å². The van der Waals surface area contributed by atoms with Crippen LogP contribution >= 0.6 is 11.3 Å². The minimum atomic E-state index is 0.720. The summed E-state index contributed by atoms with van der Waals surface area (Å²) in [4.78, 5) is 3.26. The van der Waals surface area contributed by atoms with Crippen molar-refractivity contribution in [2.24, 2.45) is 0 Å². The van der Waals surface area contributed by atoms with Crippen LogP contribution in [0.15, 0.2) is 0 Å². The first kappa shape index (κ1) is 9.26. The summed E-state index contributed by atoms with van der Waals surface area (Å²) in [6.45, 7) is 6.94. The van der Waals surface area contributed by atoms with Gasteiger partial charge in [0.15, 0.2) is 0 Å². The molecule has 0 fully saturated rings. The van der Waals surface area contributed by atoms with Crippen molar-refractivity contribution >= 4 is 11.3 Å². The normalized spacial score (nSPS) is 16.3. The van der Waals surface area contributed by atoms with E-state index in [1.54, 1.807) is 20.9 Å². The molecule has 0 saturated heterocycles. The Kier molecular flexibility index (Phi) is 2.46. The average molecular weight is 194 g/mol. The first-order valence-electron chi connectivity index (χ1n) is 5.31. The molecule has 0 nitrogen and oxygen atoms in total. The molecule has 0 amide bonds. The number of fused-ring (bicyclic) bond motifs is 1. The molecule has 72 valence electrons. The summed E-state index contributed by atoms with van der Waals surface area (Å²) < 4.78 is 0. The number of thiophene rings is 1. The summed E-state index contributed by atoms with van der Waals surface area (Å²) in [5.74, 6) is 0.720. The predicted octanol–water partition coefficient (Wildman–Crippen LogP) is 4.06. The van der Waals surface area contributed by atoms with Gasteiger partial charge < -0.3 is 0 Å². The van der Waals surface area contributed by atoms with E-state index in [0.717, 1.165) is 5.92 Å². The molecule has 0 unspecified atom stereocenters. The lowest BCUT2D eigenvalue weighted by atomic mass is 9.90. The lowest BCUT2D eigenvalue weighted by Gasteiger charge is -2.14. The third-order valence-corrected chi connectivity index (χ3v) is 4.20. The molecule has 0 aromatic carbocycles. The Labute approximate surface area is 85.0 Å². The fourth-order valence-electron chi connectivity index (χ4n) is 2.48. The highest BCUT2D eigenvalue weighted by Gasteiger charge is 2.19. The third kappa shape index (κ3) is 1.54. The van der Waals surface area contributed by atoms with Crippen LogP contribution in [0.1, 0.15) is 53.5 Å². The standard InChI is InChI=1S/C12H18S/c1-8(2)12-9(3)13-11-7-5-4-6-10(11)12/h8H,4-7H2,1-3H3. The minimum absolute atomic E-state index is 0.720. The van der Waals surface area contributed by atoms with E-state index in [1.165, 1.54) is 25.7 Å². The van der Waals surface area contributed by atoms with Gasteiger partial charge >= 0.3 is 0 Å². The van der Waals surface area contributed by atoms with E-state index in [9.17, 15) is 0 Å². The van der Waals surface area contributed by atoms with Gasteiger partial charge in [0.25, 0.3) is 0 Å². The van der Waals surface area contributed by atoms with Gasteiger partial charge in [0, 0.05) is 9.75 Å². The Morgan fingerprint density at radius 2 is 1.85 bits per heavy atom. The topological polar surface area (TPSA) is 0 Å². The van der Waals surface area contributed by atoms with Crippen molar-refractivity contribution in [2.75, 3.05) is 0 Å². The van der Waals surface area contributed by atoms with Crippen molar-refractivity contribution in [3.63, 3.8) is 0 Å². The van der Waals surface area contributed by atoms with Gasteiger partial charge in [-0.1, -0.05) is 13.8 Å². The second-order valence-corrected chi connectivity index (χ2v) is 5.64. The first-order valence-corrected chi connectivity index (χ1v) is 6.13. The van der Waals surface area contributed by atoms with Gasteiger partial charge in [-0.3, -0.25) is 0 Å². The van der Waals surface area contributed by atoms with Crippen LogP contribution in [0.3, 0.4) is 0 Å². The molecule has 1 aliphatic rings. The molecular formula is C12H18S. The molecule has 0 spiro atoms. The van der Waals surface area contributed by atoms with Gasteiger partial charge in [-0.05, 0) is 49.7 Å². The van der Waals surface area contributed by atoms with E-state index < -0.39 is 0 Å². The van der Waals surface area contributed by atoms with Crippen LogP contribution in [-0.4, -0.2) is 0 Å². The molecule has 0 atom stereocenters. The third-order valence-electron chi connectivity index (χ3n) is 2.98. The summed E-state index contributed by atoms with van der Waals surface area (Å²) in [6.07, 6.45) is 5.49. The zero-order valence-corrected chi connectivity index (χ0v) is 9.63. The maximum atomic E-state index is 2.32. The second kappa shape index (κ2) is 3.45. The van der Waals surface area contributed by atoms with Crippen LogP contribution in [0, 0.1) is 6.92 Å². The molecule has 1 aromatic rings. The number of aryl methyl sites for hydroxylation is 2. The van der Waals surface area contributed by atoms with E-state index in [2.05, 4.69) is 20.8 Å². The van der Waals surface area contributed by atoms with Crippen LogP contribution in [0.4, 0.5) is 0 Å². The molecule has 1 heteroatoms. The average Bonchev–Trinajstić information content (AvgIpc) is 2.39. The van der Waals surface area contributed by atoms with Gasteiger partial charge in [-0.15, -0.1) is 11.3 Å². The van der Waals surface area contributed by atoms with E-state index in [0.29, 0.717) is 0 Å². The quantitative estimate of drug-likeness (QED) is 0.632. The van der Waals surface area contributed by atoms with Crippen LogP contribution < -0.4 is 0 Å². The Hall–Kier alpha value is -0.300. The van der Waals surface area contributed by atoms with Gasteiger partial charge in [0.05, 0.1) is 0 Å². The maximum Gasteiger partial charge on any atom is 0.00830 e. The van der Waals surface area contributed by atoms with Crippen molar-refractivity contribution < 1.29 is 0 Å². The highest BCUT2D eigenvalue weighted by atomic mass is 32.1. The zero-order chi connectivity index (χ0) is 9.42. The first-order chi connectivity index (χ1) is 6.20.